The molecule has 2 heteroatoms. The zero-order chi connectivity index (χ0) is 13.3. The largest absolute Gasteiger partial charge is 0.294 e. The van der Waals surface area contributed by atoms with E-state index in [1.165, 1.54) is 38.3 Å². The van der Waals surface area contributed by atoms with Crippen LogP contribution in [0.2, 0.25) is 0 Å². The maximum absolute atomic E-state index is 12.6. The maximum Gasteiger partial charge on any atom is 0.162 e. The number of hydrogen-bond donors (Lipinski definition) is 0. The van der Waals surface area contributed by atoms with Crippen LogP contribution in [-0.4, -0.2) is 5.78 Å². The van der Waals surface area contributed by atoms with Gasteiger partial charge in [0.05, 0.1) is 5.56 Å². The van der Waals surface area contributed by atoms with Gasteiger partial charge in [-0.15, -0.1) is 0 Å². The van der Waals surface area contributed by atoms with Crippen LogP contribution >= 0.6 is 0 Å². The van der Waals surface area contributed by atoms with Gasteiger partial charge in [0.1, 0.15) is 5.82 Å². The summed E-state index contributed by atoms with van der Waals surface area (Å²) in [6.07, 6.45) is 4.08. The molecule has 0 aliphatic heterocycles. The van der Waals surface area contributed by atoms with Crippen molar-refractivity contribution in [2.24, 2.45) is 5.92 Å². The smallest absolute Gasteiger partial charge is 0.162 e. The highest BCUT2D eigenvalue weighted by molar-refractivity contribution is 5.94. The Kier molecular flexibility index (Phi) is 8.29. The fourth-order valence-corrected chi connectivity index (χ4v) is 1.44. The van der Waals surface area contributed by atoms with Crippen LogP contribution in [0.4, 0.5) is 4.39 Å². The van der Waals surface area contributed by atoms with Gasteiger partial charge in [0.25, 0.3) is 0 Å². The van der Waals surface area contributed by atoms with Gasteiger partial charge in [0.2, 0.25) is 0 Å². The standard InChI is InChI=1S/C8H7FO.C7H16/c1-6(10)7-4-2-3-5-8(7)9;1-4-6-7(3)5-2/h2-5H,1H3;7H,4-6H2,1-3H3/t;7-/m.0/s1. The molecule has 0 aliphatic carbocycles. The summed E-state index contributed by atoms with van der Waals surface area (Å²) in [7, 11) is 0. The lowest BCUT2D eigenvalue weighted by atomic mass is 10.0. The summed E-state index contributed by atoms with van der Waals surface area (Å²) in [5.74, 6) is 0.262. The van der Waals surface area contributed by atoms with E-state index in [1.54, 1.807) is 12.1 Å². The fourth-order valence-electron chi connectivity index (χ4n) is 1.44. The lowest BCUT2D eigenvalue weighted by Gasteiger charge is -2.02. The second-order valence-electron chi connectivity index (χ2n) is 4.34. The summed E-state index contributed by atoms with van der Waals surface area (Å²) >= 11 is 0. The Hall–Kier alpha value is -1.18. The molecule has 0 spiro atoms. The number of carbonyl (C=O) groups excluding carboxylic acids is 1. The molecule has 0 heterocycles. The molecule has 96 valence electrons. The number of ketones is 1. The van der Waals surface area contributed by atoms with E-state index >= 15 is 0 Å². The molecule has 0 N–H and O–H groups in total. The van der Waals surface area contributed by atoms with Crippen LogP contribution in [0.15, 0.2) is 24.3 Å². The minimum atomic E-state index is -0.449. The van der Waals surface area contributed by atoms with Crippen LogP contribution in [0.5, 0.6) is 0 Å². The second-order valence-corrected chi connectivity index (χ2v) is 4.34. The molecule has 1 aromatic carbocycles. The van der Waals surface area contributed by atoms with Crippen molar-refractivity contribution in [2.45, 2.75) is 47.0 Å². The fraction of sp³-hybridized carbons (Fsp3) is 0.533. The summed E-state index contributed by atoms with van der Waals surface area (Å²) in [6, 6.07) is 5.94. The summed E-state index contributed by atoms with van der Waals surface area (Å²) in [4.78, 5) is 10.6. The van der Waals surface area contributed by atoms with Crippen LogP contribution in [0.3, 0.4) is 0 Å². The summed E-state index contributed by atoms with van der Waals surface area (Å²) in [5.41, 5.74) is 0.155. The van der Waals surface area contributed by atoms with Crippen LogP contribution < -0.4 is 0 Å². The van der Waals surface area contributed by atoms with Gasteiger partial charge in [-0.25, -0.2) is 4.39 Å². The van der Waals surface area contributed by atoms with Crippen molar-refractivity contribution in [1.29, 1.82) is 0 Å². The zero-order valence-corrected chi connectivity index (χ0v) is 11.3. The molecule has 0 aliphatic rings. The van der Waals surface area contributed by atoms with Crippen molar-refractivity contribution in [3.63, 3.8) is 0 Å². The first-order valence-electron chi connectivity index (χ1n) is 6.28. The molecule has 1 atom stereocenters. The van der Waals surface area contributed by atoms with Gasteiger partial charge in [0.15, 0.2) is 5.78 Å². The van der Waals surface area contributed by atoms with Gasteiger partial charge in [-0.3, -0.25) is 4.79 Å². The first-order chi connectivity index (χ1) is 8.02. The quantitative estimate of drug-likeness (QED) is 0.684. The van der Waals surface area contributed by atoms with E-state index in [1.807, 2.05) is 0 Å². The Morgan fingerprint density at radius 1 is 1.29 bits per heavy atom. The molecule has 0 saturated heterocycles. The number of rotatable bonds is 4. The molecule has 17 heavy (non-hydrogen) atoms. The SMILES string of the molecule is CC(=O)c1ccccc1F.CCC[C@@H](C)CC. The number of halogens is 1. The lowest BCUT2D eigenvalue weighted by molar-refractivity contribution is 0.101. The first-order valence-corrected chi connectivity index (χ1v) is 6.28. The molecule has 0 saturated carbocycles. The monoisotopic (exact) mass is 238 g/mol. The van der Waals surface area contributed by atoms with E-state index in [0.717, 1.165) is 5.92 Å². The highest BCUT2D eigenvalue weighted by Crippen LogP contribution is 2.07. The van der Waals surface area contributed by atoms with Gasteiger partial charge < -0.3 is 0 Å². The normalized spacial score (nSPS) is 11.4. The van der Waals surface area contributed by atoms with E-state index in [2.05, 4.69) is 20.8 Å². The molecular formula is C15H23FO. The Balaban J connectivity index is 0.000000325. The summed E-state index contributed by atoms with van der Waals surface area (Å²) in [6.45, 7) is 8.15. The molecule has 0 amide bonds. The maximum atomic E-state index is 12.6. The zero-order valence-electron chi connectivity index (χ0n) is 11.3. The summed E-state index contributed by atoms with van der Waals surface area (Å²) < 4.78 is 12.6. The van der Waals surface area contributed by atoms with Crippen molar-refractivity contribution in [3.8, 4) is 0 Å². The van der Waals surface area contributed by atoms with Crippen molar-refractivity contribution >= 4 is 5.78 Å². The van der Waals surface area contributed by atoms with E-state index in [9.17, 15) is 9.18 Å². The van der Waals surface area contributed by atoms with E-state index in [4.69, 9.17) is 0 Å². The van der Waals surface area contributed by atoms with Crippen LogP contribution in [-0.2, 0) is 0 Å². The Morgan fingerprint density at radius 3 is 2.18 bits per heavy atom. The third kappa shape index (κ3) is 6.88. The van der Waals surface area contributed by atoms with Crippen molar-refractivity contribution in [3.05, 3.63) is 35.6 Å². The lowest BCUT2D eigenvalue weighted by Crippen LogP contribution is -1.94. The molecule has 1 aromatic rings. The predicted molar refractivity (Wildman–Crippen MR) is 70.8 cm³/mol. The van der Waals surface area contributed by atoms with Gasteiger partial charge in [-0.2, -0.15) is 0 Å². The average molecular weight is 238 g/mol. The van der Waals surface area contributed by atoms with Crippen LogP contribution in [0.1, 0.15) is 57.3 Å². The number of Topliss-reactive ketones (excluding diaryl/α,β-unsaturated/α-hetero) is 1. The second kappa shape index (κ2) is 8.91. The Bertz CT molecular complexity index is 333. The van der Waals surface area contributed by atoms with Crippen LogP contribution in [0.25, 0.3) is 0 Å². The summed E-state index contributed by atoms with van der Waals surface area (Å²) in [5, 5.41) is 0. The third-order valence-corrected chi connectivity index (χ3v) is 2.73. The van der Waals surface area contributed by atoms with Crippen LogP contribution in [0, 0.1) is 11.7 Å². The minimum absolute atomic E-state index is 0.155. The molecule has 0 unspecified atom stereocenters. The molecule has 0 aromatic heterocycles. The highest BCUT2D eigenvalue weighted by Gasteiger charge is 2.03. The molecule has 1 nitrogen and oxygen atoms in total. The first kappa shape index (κ1) is 15.8. The Labute approximate surface area is 104 Å². The van der Waals surface area contributed by atoms with E-state index < -0.39 is 5.82 Å². The number of hydrogen-bond acceptors (Lipinski definition) is 1. The molecular weight excluding hydrogens is 215 g/mol. The molecule has 1 rings (SSSR count). The number of benzene rings is 1. The minimum Gasteiger partial charge on any atom is -0.294 e. The van der Waals surface area contributed by atoms with E-state index in [0.29, 0.717) is 0 Å². The molecule has 0 fully saturated rings. The van der Waals surface area contributed by atoms with Crippen molar-refractivity contribution in [2.75, 3.05) is 0 Å². The molecule has 0 bridgehead atoms. The third-order valence-electron chi connectivity index (χ3n) is 2.73. The van der Waals surface area contributed by atoms with Gasteiger partial charge in [-0.05, 0) is 25.0 Å². The topological polar surface area (TPSA) is 17.1 Å². The van der Waals surface area contributed by atoms with Crippen molar-refractivity contribution in [1.82, 2.24) is 0 Å². The number of carbonyl (C=O) groups is 1. The van der Waals surface area contributed by atoms with Gasteiger partial charge in [0, 0.05) is 0 Å². The predicted octanol–water partition coefficient (Wildman–Crippen LogP) is 4.86. The van der Waals surface area contributed by atoms with Crippen molar-refractivity contribution < 1.29 is 9.18 Å². The Morgan fingerprint density at radius 2 is 1.88 bits per heavy atom. The van der Waals surface area contributed by atoms with Gasteiger partial charge in [-0.1, -0.05) is 52.2 Å². The van der Waals surface area contributed by atoms with Gasteiger partial charge >= 0.3 is 0 Å². The highest BCUT2D eigenvalue weighted by atomic mass is 19.1. The molecule has 0 radical (unpaired) electrons. The van der Waals surface area contributed by atoms with E-state index in [-0.39, 0.29) is 11.3 Å². The average Bonchev–Trinajstić information content (AvgIpc) is 2.30.